The summed E-state index contributed by atoms with van der Waals surface area (Å²) in [4.78, 5) is 21.1. The molecule has 1 amide bonds. The molecule has 0 aromatic heterocycles. The highest BCUT2D eigenvalue weighted by molar-refractivity contribution is 6.30. The average Bonchev–Trinajstić information content (AvgIpc) is 3.02. The Morgan fingerprint density at radius 1 is 0.878 bits per heavy atom. The first kappa shape index (κ1) is 29.6. The molecule has 0 spiro atoms. The van der Waals surface area contributed by atoms with Crippen LogP contribution in [0.3, 0.4) is 0 Å². The quantitative estimate of drug-likeness (QED) is 0.345. The molecule has 0 saturated carbocycles. The molecule has 2 fully saturated rings. The summed E-state index contributed by atoms with van der Waals surface area (Å²) in [6.07, 6.45) is 3.06. The van der Waals surface area contributed by atoms with Crippen LogP contribution in [-0.4, -0.2) is 79.6 Å². The van der Waals surface area contributed by atoms with E-state index in [1.165, 1.54) is 16.7 Å². The van der Waals surface area contributed by atoms with Crippen molar-refractivity contribution in [3.8, 4) is 5.75 Å². The van der Waals surface area contributed by atoms with Gasteiger partial charge in [-0.15, -0.1) is 0 Å². The minimum atomic E-state index is -0.161. The molecule has 2 saturated heterocycles. The van der Waals surface area contributed by atoms with Gasteiger partial charge in [0.15, 0.2) is 0 Å². The molecule has 0 bridgehead atoms. The maximum absolute atomic E-state index is 14.0. The SMILES string of the molecule is COc1ccccc1CN1CCN(C(=O)[C@H](NCc2ccccc2)C2CCN(CCc3cccc(Cl)c3)CC2)CC1. The molecule has 2 heterocycles. The minimum absolute atomic E-state index is 0.161. The Balaban J connectivity index is 1.17. The molecule has 0 radical (unpaired) electrons. The number of carbonyl (C=O) groups excluding carboxylic acids is 1. The Hall–Kier alpha value is -2.90. The largest absolute Gasteiger partial charge is 0.496 e. The van der Waals surface area contributed by atoms with E-state index in [0.29, 0.717) is 12.5 Å². The van der Waals surface area contributed by atoms with E-state index in [0.717, 1.165) is 82.4 Å². The second kappa shape index (κ2) is 14.8. The number of piperidine rings is 1. The van der Waals surface area contributed by atoms with Gasteiger partial charge in [-0.05, 0) is 67.6 Å². The van der Waals surface area contributed by atoms with E-state index in [9.17, 15) is 4.79 Å². The number of nitrogens with zero attached hydrogens (tertiary/aromatic N) is 3. The lowest BCUT2D eigenvalue weighted by Crippen LogP contribution is -2.57. The Kier molecular flexibility index (Phi) is 10.7. The summed E-state index contributed by atoms with van der Waals surface area (Å²) in [6.45, 7) is 7.89. The summed E-state index contributed by atoms with van der Waals surface area (Å²) in [5, 5.41) is 4.49. The number of amides is 1. The molecule has 0 unspecified atom stereocenters. The average molecular weight is 575 g/mol. The number of ether oxygens (including phenoxy) is 1. The highest BCUT2D eigenvalue weighted by atomic mass is 35.5. The first-order chi connectivity index (χ1) is 20.1. The Morgan fingerprint density at radius 2 is 1.59 bits per heavy atom. The van der Waals surface area contributed by atoms with Gasteiger partial charge in [0.1, 0.15) is 5.75 Å². The fourth-order valence-electron chi connectivity index (χ4n) is 6.17. The van der Waals surface area contributed by atoms with Crippen molar-refractivity contribution in [2.75, 3.05) is 52.9 Å². The fraction of sp³-hybridized carbons (Fsp3) is 0.441. The number of piperazine rings is 1. The lowest BCUT2D eigenvalue weighted by Gasteiger charge is -2.40. The number of methoxy groups -OCH3 is 1. The number of halogens is 1. The molecule has 7 heteroatoms. The number of likely N-dealkylation sites (tertiary alicyclic amines) is 1. The predicted octanol–water partition coefficient (Wildman–Crippen LogP) is 5.11. The van der Waals surface area contributed by atoms with Crippen LogP contribution in [-0.2, 0) is 24.3 Å². The van der Waals surface area contributed by atoms with Crippen molar-refractivity contribution >= 4 is 17.5 Å². The summed E-state index contributed by atoms with van der Waals surface area (Å²) < 4.78 is 5.55. The van der Waals surface area contributed by atoms with E-state index in [1.54, 1.807) is 7.11 Å². The summed E-state index contributed by atoms with van der Waals surface area (Å²) in [5.41, 5.74) is 3.69. The van der Waals surface area contributed by atoms with Crippen molar-refractivity contribution < 1.29 is 9.53 Å². The first-order valence-corrected chi connectivity index (χ1v) is 15.3. The van der Waals surface area contributed by atoms with Gasteiger partial charge >= 0.3 is 0 Å². The normalized spacial score (nSPS) is 17.9. The Bertz CT molecular complexity index is 1240. The molecule has 218 valence electrons. The van der Waals surface area contributed by atoms with Crippen LogP contribution in [0.2, 0.25) is 5.02 Å². The van der Waals surface area contributed by atoms with Crippen molar-refractivity contribution in [1.29, 1.82) is 0 Å². The molecule has 2 aliphatic rings. The van der Waals surface area contributed by atoms with Gasteiger partial charge in [-0.2, -0.15) is 0 Å². The maximum atomic E-state index is 14.0. The molecule has 1 atom stereocenters. The number of carbonyl (C=O) groups is 1. The topological polar surface area (TPSA) is 48.1 Å². The maximum Gasteiger partial charge on any atom is 0.240 e. The summed E-state index contributed by atoms with van der Waals surface area (Å²) >= 11 is 6.18. The van der Waals surface area contributed by atoms with E-state index in [4.69, 9.17) is 16.3 Å². The fourth-order valence-corrected chi connectivity index (χ4v) is 6.38. The van der Waals surface area contributed by atoms with Gasteiger partial charge in [0, 0.05) is 56.4 Å². The van der Waals surface area contributed by atoms with E-state index < -0.39 is 0 Å². The van der Waals surface area contributed by atoms with Crippen molar-refractivity contribution in [3.63, 3.8) is 0 Å². The molecule has 6 nitrogen and oxygen atoms in total. The van der Waals surface area contributed by atoms with Gasteiger partial charge in [-0.25, -0.2) is 0 Å². The lowest BCUT2D eigenvalue weighted by atomic mass is 9.88. The molecular weight excluding hydrogens is 532 g/mol. The van der Waals surface area contributed by atoms with Crippen molar-refractivity contribution in [3.05, 3.63) is 101 Å². The van der Waals surface area contributed by atoms with Crippen LogP contribution in [0.1, 0.15) is 29.5 Å². The smallest absolute Gasteiger partial charge is 0.240 e. The molecule has 41 heavy (non-hydrogen) atoms. The van der Waals surface area contributed by atoms with Crippen molar-refractivity contribution in [1.82, 2.24) is 20.0 Å². The number of rotatable bonds is 11. The van der Waals surface area contributed by atoms with Crippen LogP contribution in [0.15, 0.2) is 78.9 Å². The van der Waals surface area contributed by atoms with Crippen LogP contribution >= 0.6 is 11.6 Å². The number of hydrogen-bond donors (Lipinski definition) is 1. The van der Waals surface area contributed by atoms with Gasteiger partial charge in [0.25, 0.3) is 0 Å². The van der Waals surface area contributed by atoms with E-state index in [1.807, 2.05) is 30.3 Å². The third-order valence-electron chi connectivity index (χ3n) is 8.61. The minimum Gasteiger partial charge on any atom is -0.496 e. The van der Waals surface area contributed by atoms with Crippen LogP contribution in [0.5, 0.6) is 5.75 Å². The molecule has 3 aromatic rings. The monoisotopic (exact) mass is 574 g/mol. The molecule has 5 rings (SSSR count). The van der Waals surface area contributed by atoms with Gasteiger partial charge in [-0.3, -0.25) is 9.69 Å². The number of hydrogen-bond acceptors (Lipinski definition) is 5. The highest BCUT2D eigenvalue weighted by Gasteiger charge is 2.35. The van der Waals surface area contributed by atoms with Crippen molar-refractivity contribution in [2.24, 2.45) is 5.92 Å². The van der Waals surface area contributed by atoms with E-state index in [2.05, 4.69) is 68.5 Å². The molecule has 0 aliphatic carbocycles. The molecule has 2 aliphatic heterocycles. The summed E-state index contributed by atoms with van der Waals surface area (Å²) in [7, 11) is 1.72. The van der Waals surface area contributed by atoms with Gasteiger partial charge in [-0.1, -0.05) is 72.3 Å². The second-order valence-electron chi connectivity index (χ2n) is 11.3. The van der Waals surface area contributed by atoms with Crippen LogP contribution in [0.25, 0.3) is 0 Å². The number of para-hydroxylation sites is 1. The summed E-state index contributed by atoms with van der Waals surface area (Å²) in [6, 6.07) is 26.6. The first-order valence-electron chi connectivity index (χ1n) is 15.0. The van der Waals surface area contributed by atoms with Crippen LogP contribution < -0.4 is 10.1 Å². The Labute approximate surface area is 250 Å². The van der Waals surface area contributed by atoms with Gasteiger partial charge in [0.2, 0.25) is 5.91 Å². The van der Waals surface area contributed by atoms with Crippen LogP contribution in [0.4, 0.5) is 0 Å². The molecule has 1 N–H and O–H groups in total. The predicted molar refractivity (Wildman–Crippen MR) is 166 cm³/mol. The molecule has 3 aromatic carbocycles. The second-order valence-corrected chi connectivity index (χ2v) is 11.8. The highest BCUT2D eigenvalue weighted by Crippen LogP contribution is 2.25. The third kappa shape index (κ3) is 8.32. The number of nitrogens with one attached hydrogen (secondary N) is 1. The van der Waals surface area contributed by atoms with Crippen molar-refractivity contribution in [2.45, 2.75) is 38.4 Å². The van der Waals surface area contributed by atoms with Gasteiger partial charge in [0.05, 0.1) is 13.2 Å². The van der Waals surface area contributed by atoms with Gasteiger partial charge < -0.3 is 19.9 Å². The summed E-state index contributed by atoms with van der Waals surface area (Å²) in [5.74, 6) is 1.52. The molecular formula is C34H43ClN4O2. The Morgan fingerprint density at radius 3 is 2.32 bits per heavy atom. The van der Waals surface area contributed by atoms with Crippen LogP contribution in [0, 0.1) is 5.92 Å². The standard InChI is InChI=1S/C34H43ClN4O2/c1-41-32-13-6-5-11-30(32)26-38-20-22-39(23-21-38)34(40)33(36-25-28-8-3-2-4-9-28)29-15-18-37(19-16-29)17-14-27-10-7-12-31(35)24-27/h2-13,24,29,33,36H,14-23,25-26H2,1H3/t33-/m1/s1. The number of benzene rings is 3. The zero-order valence-corrected chi connectivity index (χ0v) is 24.9. The van der Waals surface area contributed by atoms with E-state index >= 15 is 0 Å². The third-order valence-corrected chi connectivity index (χ3v) is 8.85. The zero-order valence-electron chi connectivity index (χ0n) is 24.2. The van der Waals surface area contributed by atoms with E-state index in [-0.39, 0.29) is 11.9 Å². The lowest BCUT2D eigenvalue weighted by molar-refractivity contribution is -0.137. The zero-order chi connectivity index (χ0) is 28.4.